The number of hydrogen-bond donors (Lipinski definition) is 1. The highest BCUT2D eigenvalue weighted by atomic mass is 19.4. The second-order valence-corrected chi connectivity index (χ2v) is 4.70. The summed E-state index contributed by atoms with van der Waals surface area (Å²) in [5, 5.41) is 0. The zero-order chi connectivity index (χ0) is 15.5. The van der Waals surface area contributed by atoms with Gasteiger partial charge in [0.05, 0.1) is 12.1 Å². The quantitative estimate of drug-likeness (QED) is 0.917. The molecule has 0 bridgehead atoms. The van der Waals surface area contributed by atoms with E-state index in [2.05, 4.69) is 0 Å². The average molecular weight is 289 g/mol. The van der Waals surface area contributed by atoms with Crippen LogP contribution in [0.25, 0.3) is 0 Å². The molecule has 0 saturated carbocycles. The van der Waals surface area contributed by atoms with Gasteiger partial charge in [0.25, 0.3) is 0 Å². The van der Waals surface area contributed by atoms with Gasteiger partial charge in [-0.05, 0) is 17.7 Å². The number of carbonyl (C=O) groups is 1. The Labute approximate surface area is 116 Å². The molecule has 1 aromatic carbocycles. The number of nitrogens with zero attached hydrogens (tertiary/aromatic N) is 2. The highest BCUT2D eigenvalue weighted by Crippen LogP contribution is 2.36. The molecule has 112 valence electrons. The summed E-state index contributed by atoms with van der Waals surface area (Å²) in [7, 11) is 4.56. The summed E-state index contributed by atoms with van der Waals surface area (Å²) in [4.78, 5) is 14.2. The van der Waals surface area contributed by atoms with Crippen molar-refractivity contribution in [3.8, 4) is 0 Å². The number of likely N-dealkylation sites (N-methyl/N-ethyl adjacent to an activating group) is 2. The van der Waals surface area contributed by atoms with E-state index in [0.29, 0.717) is 5.56 Å². The predicted molar refractivity (Wildman–Crippen MR) is 71.3 cm³/mol. The largest absolute Gasteiger partial charge is 0.418 e. The third-order valence-corrected chi connectivity index (χ3v) is 2.88. The number of halogens is 3. The normalized spacial score (nSPS) is 11.3. The number of hydrogen-bond acceptors (Lipinski definition) is 3. The Kier molecular flexibility index (Phi) is 4.99. The first-order chi connectivity index (χ1) is 9.16. The van der Waals surface area contributed by atoms with Crippen molar-refractivity contribution in [3.05, 3.63) is 29.3 Å². The van der Waals surface area contributed by atoms with Gasteiger partial charge in [0.1, 0.15) is 0 Å². The number of amides is 1. The lowest BCUT2D eigenvalue weighted by atomic mass is 10.1. The summed E-state index contributed by atoms with van der Waals surface area (Å²) < 4.78 is 39.2. The van der Waals surface area contributed by atoms with Gasteiger partial charge in [0.2, 0.25) is 5.91 Å². The van der Waals surface area contributed by atoms with E-state index in [0.717, 1.165) is 6.07 Å². The molecule has 0 radical (unpaired) electrons. The molecule has 0 unspecified atom stereocenters. The van der Waals surface area contributed by atoms with E-state index in [9.17, 15) is 18.0 Å². The first kappa shape index (κ1) is 16.3. The van der Waals surface area contributed by atoms with Crippen molar-refractivity contribution < 1.29 is 18.0 Å². The molecule has 1 aromatic rings. The topological polar surface area (TPSA) is 49.6 Å². The van der Waals surface area contributed by atoms with E-state index in [4.69, 9.17) is 5.73 Å². The third-order valence-electron chi connectivity index (χ3n) is 2.88. The maximum absolute atomic E-state index is 13.1. The smallest absolute Gasteiger partial charge is 0.365 e. The summed E-state index contributed by atoms with van der Waals surface area (Å²) in [5.74, 6) is -0.275. The number of rotatable bonds is 4. The Bertz CT molecular complexity index is 486. The molecule has 2 N–H and O–H groups in total. The van der Waals surface area contributed by atoms with Crippen molar-refractivity contribution in [2.75, 3.05) is 32.6 Å². The van der Waals surface area contributed by atoms with E-state index < -0.39 is 11.7 Å². The maximum Gasteiger partial charge on any atom is 0.418 e. The van der Waals surface area contributed by atoms with Crippen molar-refractivity contribution in [2.45, 2.75) is 12.7 Å². The van der Waals surface area contributed by atoms with E-state index in [1.165, 1.54) is 29.0 Å². The van der Waals surface area contributed by atoms with E-state index in [-0.39, 0.29) is 24.7 Å². The molecule has 1 rings (SSSR count). The second kappa shape index (κ2) is 6.13. The first-order valence-electron chi connectivity index (χ1n) is 5.98. The first-order valence-corrected chi connectivity index (χ1v) is 5.98. The number of anilines is 1. The predicted octanol–water partition coefficient (Wildman–Crippen LogP) is 1.69. The fourth-order valence-electron chi connectivity index (χ4n) is 1.70. The molecule has 20 heavy (non-hydrogen) atoms. The summed E-state index contributed by atoms with van der Waals surface area (Å²) in [6.45, 7) is -0.0955. The van der Waals surface area contributed by atoms with Gasteiger partial charge in [-0.15, -0.1) is 0 Å². The highest BCUT2D eigenvalue weighted by molar-refractivity contribution is 5.81. The zero-order valence-electron chi connectivity index (χ0n) is 11.7. The van der Waals surface area contributed by atoms with Crippen molar-refractivity contribution in [3.63, 3.8) is 0 Å². The van der Waals surface area contributed by atoms with Gasteiger partial charge >= 0.3 is 6.18 Å². The van der Waals surface area contributed by atoms with Crippen molar-refractivity contribution in [2.24, 2.45) is 5.73 Å². The highest BCUT2D eigenvalue weighted by Gasteiger charge is 2.34. The summed E-state index contributed by atoms with van der Waals surface area (Å²) in [5.41, 5.74) is 4.94. The number of alkyl halides is 3. The summed E-state index contributed by atoms with van der Waals surface area (Å²) in [6, 6.07) is 3.89. The molecular formula is C13H18F3N3O. The summed E-state index contributed by atoms with van der Waals surface area (Å²) in [6.07, 6.45) is -4.49. The molecule has 0 aliphatic heterocycles. The van der Waals surface area contributed by atoms with Crippen LogP contribution in [0.15, 0.2) is 18.2 Å². The Morgan fingerprint density at radius 2 is 1.85 bits per heavy atom. The Morgan fingerprint density at radius 1 is 1.25 bits per heavy atom. The van der Waals surface area contributed by atoms with Gasteiger partial charge in [-0.1, -0.05) is 6.07 Å². The lowest BCUT2D eigenvalue weighted by Crippen LogP contribution is -2.35. The molecule has 0 aliphatic carbocycles. The summed E-state index contributed by atoms with van der Waals surface area (Å²) >= 11 is 0. The van der Waals surface area contributed by atoms with Crippen LogP contribution >= 0.6 is 0 Å². The standard InChI is InChI=1S/C13H18F3N3O/c1-18(2)12(20)8-19(3)11-5-4-9(7-17)6-10(11)13(14,15)16/h4-6H,7-8,17H2,1-3H3. The van der Waals surface area contributed by atoms with Crippen LogP contribution in [0.1, 0.15) is 11.1 Å². The molecule has 1 amide bonds. The fourth-order valence-corrected chi connectivity index (χ4v) is 1.70. The van der Waals surface area contributed by atoms with Crippen LogP contribution < -0.4 is 10.6 Å². The third kappa shape index (κ3) is 3.86. The van der Waals surface area contributed by atoms with Crippen molar-refractivity contribution in [1.29, 1.82) is 0 Å². The molecule has 0 saturated heterocycles. The minimum absolute atomic E-state index is 0.0315. The Morgan fingerprint density at radius 3 is 2.30 bits per heavy atom. The molecule has 0 aromatic heterocycles. The van der Waals surface area contributed by atoms with E-state index >= 15 is 0 Å². The van der Waals surface area contributed by atoms with E-state index in [1.807, 2.05) is 0 Å². The molecule has 0 spiro atoms. The van der Waals surface area contributed by atoms with Gasteiger partial charge < -0.3 is 15.5 Å². The molecule has 0 atom stereocenters. The average Bonchev–Trinajstić information content (AvgIpc) is 2.36. The zero-order valence-corrected chi connectivity index (χ0v) is 11.7. The molecular weight excluding hydrogens is 271 g/mol. The van der Waals surface area contributed by atoms with Gasteiger partial charge in [0.15, 0.2) is 0 Å². The number of nitrogens with two attached hydrogens (primary N) is 1. The fraction of sp³-hybridized carbons (Fsp3) is 0.462. The maximum atomic E-state index is 13.1. The molecule has 4 nitrogen and oxygen atoms in total. The minimum Gasteiger partial charge on any atom is -0.365 e. The Balaban J connectivity index is 3.13. The van der Waals surface area contributed by atoms with Crippen LogP contribution in [0.4, 0.5) is 18.9 Å². The number of carbonyl (C=O) groups excluding carboxylic acids is 1. The van der Waals surface area contributed by atoms with Gasteiger partial charge in [0, 0.05) is 33.4 Å². The van der Waals surface area contributed by atoms with E-state index in [1.54, 1.807) is 14.1 Å². The number of benzene rings is 1. The van der Waals surface area contributed by atoms with Crippen LogP contribution in [0, 0.1) is 0 Å². The van der Waals surface area contributed by atoms with Crippen LogP contribution in [-0.2, 0) is 17.5 Å². The second-order valence-electron chi connectivity index (χ2n) is 4.70. The molecule has 0 heterocycles. The Hall–Kier alpha value is -1.76. The lowest BCUT2D eigenvalue weighted by Gasteiger charge is -2.25. The van der Waals surface area contributed by atoms with Crippen LogP contribution in [0.5, 0.6) is 0 Å². The van der Waals surface area contributed by atoms with Crippen molar-refractivity contribution in [1.82, 2.24) is 4.90 Å². The minimum atomic E-state index is -4.49. The van der Waals surface area contributed by atoms with Crippen LogP contribution in [0.2, 0.25) is 0 Å². The molecule has 0 aliphatic rings. The van der Waals surface area contributed by atoms with Crippen LogP contribution in [0.3, 0.4) is 0 Å². The van der Waals surface area contributed by atoms with Gasteiger partial charge in [-0.25, -0.2) is 0 Å². The van der Waals surface area contributed by atoms with Crippen molar-refractivity contribution >= 4 is 11.6 Å². The lowest BCUT2D eigenvalue weighted by molar-refractivity contribution is -0.137. The van der Waals surface area contributed by atoms with Crippen LogP contribution in [-0.4, -0.2) is 38.5 Å². The van der Waals surface area contributed by atoms with Gasteiger partial charge in [-0.3, -0.25) is 4.79 Å². The SMILES string of the molecule is CN(C)C(=O)CN(C)c1ccc(CN)cc1C(F)(F)F. The monoisotopic (exact) mass is 289 g/mol. The van der Waals surface area contributed by atoms with Gasteiger partial charge in [-0.2, -0.15) is 13.2 Å². The molecule has 7 heteroatoms. The molecule has 0 fully saturated rings.